The van der Waals surface area contributed by atoms with E-state index in [0.29, 0.717) is 11.3 Å². The molecule has 0 heterocycles. The Kier molecular flexibility index (Phi) is 5.74. The van der Waals surface area contributed by atoms with Crippen molar-refractivity contribution in [2.45, 2.75) is 0 Å². The van der Waals surface area contributed by atoms with E-state index in [1.807, 2.05) is 18.2 Å². The maximum Gasteiger partial charge on any atom is 0.254 e. The molecule has 2 aromatic carbocycles. The van der Waals surface area contributed by atoms with Crippen LogP contribution in [0.5, 0.6) is 0 Å². The van der Waals surface area contributed by atoms with Gasteiger partial charge in [0.15, 0.2) is 0 Å². The molecule has 0 atom stereocenters. The van der Waals surface area contributed by atoms with E-state index < -0.39 is 0 Å². The SMILES string of the molecule is CN(CC(=O)Nc1ccccc1Br)C(=O)c1ccc(Br)cc1. The van der Waals surface area contributed by atoms with Gasteiger partial charge in [-0.1, -0.05) is 28.1 Å². The molecular weight excluding hydrogens is 412 g/mol. The highest BCUT2D eigenvalue weighted by Crippen LogP contribution is 2.21. The van der Waals surface area contributed by atoms with Crippen LogP contribution in [0.2, 0.25) is 0 Å². The van der Waals surface area contributed by atoms with Crippen molar-refractivity contribution < 1.29 is 9.59 Å². The standard InChI is InChI=1S/C16H14Br2N2O2/c1-20(16(22)11-6-8-12(17)9-7-11)10-15(21)19-14-5-3-2-4-13(14)18/h2-9H,10H2,1H3,(H,19,21). The van der Waals surface area contributed by atoms with Crippen molar-refractivity contribution in [2.75, 3.05) is 18.9 Å². The van der Waals surface area contributed by atoms with E-state index in [9.17, 15) is 9.59 Å². The van der Waals surface area contributed by atoms with Crippen molar-refractivity contribution in [1.29, 1.82) is 0 Å². The second-order valence-electron chi connectivity index (χ2n) is 4.70. The molecule has 6 heteroatoms. The zero-order valence-corrected chi connectivity index (χ0v) is 15.0. The summed E-state index contributed by atoms with van der Waals surface area (Å²) >= 11 is 6.69. The third-order valence-corrected chi connectivity index (χ3v) is 4.19. The van der Waals surface area contributed by atoms with Crippen molar-refractivity contribution in [3.05, 3.63) is 63.0 Å². The summed E-state index contributed by atoms with van der Waals surface area (Å²) in [6.45, 7) is -0.0176. The Morgan fingerprint density at radius 2 is 1.68 bits per heavy atom. The number of hydrogen-bond donors (Lipinski definition) is 1. The lowest BCUT2D eigenvalue weighted by Crippen LogP contribution is -2.34. The summed E-state index contributed by atoms with van der Waals surface area (Å²) in [6, 6.07) is 14.3. The van der Waals surface area contributed by atoms with Crippen molar-refractivity contribution in [2.24, 2.45) is 0 Å². The fourth-order valence-electron chi connectivity index (χ4n) is 1.85. The van der Waals surface area contributed by atoms with Crippen LogP contribution < -0.4 is 5.32 Å². The van der Waals surface area contributed by atoms with Crippen LogP contribution in [-0.4, -0.2) is 30.3 Å². The molecule has 0 unspecified atom stereocenters. The lowest BCUT2D eigenvalue weighted by atomic mass is 10.2. The summed E-state index contributed by atoms with van der Waals surface area (Å²) in [6.07, 6.45) is 0. The number of amides is 2. The molecule has 4 nitrogen and oxygen atoms in total. The Morgan fingerprint density at radius 3 is 2.32 bits per heavy atom. The summed E-state index contributed by atoms with van der Waals surface area (Å²) in [5, 5.41) is 2.77. The number of anilines is 1. The molecule has 22 heavy (non-hydrogen) atoms. The average molecular weight is 426 g/mol. The second-order valence-corrected chi connectivity index (χ2v) is 6.47. The summed E-state index contributed by atoms with van der Waals surface area (Å²) < 4.78 is 1.70. The molecule has 1 N–H and O–H groups in total. The first-order chi connectivity index (χ1) is 10.5. The van der Waals surface area contributed by atoms with E-state index in [2.05, 4.69) is 37.2 Å². The molecule has 0 saturated heterocycles. The van der Waals surface area contributed by atoms with Crippen LogP contribution in [0, 0.1) is 0 Å². The molecule has 0 saturated carbocycles. The van der Waals surface area contributed by atoms with Crippen LogP contribution >= 0.6 is 31.9 Å². The first-order valence-electron chi connectivity index (χ1n) is 6.53. The van der Waals surface area contributed by atoms with Crippen LogP contribution in [0.15, 0.2) is 57.5 Å². The first kappa shape index (κ1) is 16.7. The van der Waals surface area contributed by atoms with Crippen LogP contribution in [-0.2, 0) is 4.79 Å². The van der Waals surface area contributed by atoms with Crippen molar-refractivity contribution in [3.8, 4) is 0 Å². The molecule has 0 fully saturated rings. The van der Waals surface area contributed by atoms with Crippen LogP contribution in [0.25, 0.3) is 0 Å². The molecule has 2 aromatic rings. The van der Waals surface area contributed by atoms with E-state index in [4.69, 9.17) is 0 Å². The van der Waals surface area contributed by atoms with E-state index in [1.54, 1.807) is 37.4 Å². The molecule has 0 aliphatic heterocycles. The number of likely N-dealkylation sites (N-methyl/N-ethyl adjacent to an activating group) is 1. The van der Waals surface area contributed by atoms with Gasteiger partial charge in [0, 0.05) is 21.6 Å². The predicted molar refractivity (Wildman–Crippen MR) is 93.9 cm³/mol. The van der Waals surface area contributed by atoms with Crippen LogP contribution in [0.1, 0.15) is 10.4 Å². The average Bonchev–Trinajstić information content (AvgIpc) is 2.49. The Hall–Kier alpha value is -1.66. The highest BCUT2D eigenvalue weighted by Gasteiger charge is 2.15. The molecule has 114 valence electrons. The molecule has 2 rings (SSSR count). The Balaban J connectivity index is 1.97. The van der Waals surface area contributed by atoms with Gasteiger partial charge in [0.2, 0.25) is 5.91 Å². The van der Waals surface area contributed by atoms with Gasteiger partial charge >= 0.3 is 0 Å². The third-order valence-electron chi connectivity index (χ3n) is 2.97. The lowest BCUT2D eigenvalue weighted by molar-refractivity contribution is -0.116. The van der Waals surface area contributed by atoms with Crippen molar-refractivity contribution in [3.63, 3.8) is 0 Å². The van der Waals surface area contributed by atoms with E-state index in [0.717, 1.165) is 8.95 Å². The van der Waals surface area contributed by atoms with E-state index in [-0.39, 0.29) is 18.4 Å². The van der Waals surface area contributed by atoms with Crippen molar-refractivity contribution >= 4 is 49.4 Å². The van der Waals surface area contributed by atoms with Gasteiger partial charge in [0.25, 0.3) is 5.91 Å². The number of hydrogen-bond acceptors (Lipinski definition) is 2. The molecular formula is C16H14Br2N2O2. The van der Waals surface area contributed by atoms with Gasteiger partial charge in [0.05, 0.1) is 12.2 Å². The maximum absolute atomic E-state index is 12.2. The number of nitrogens with one attached hydrogen (secondary N) is 1. The summed E-state index contributed by atoms with van der Waals surface area (Å²) in [7, 11) is 1.60. The van der Waals surface area contributed by atoms with E-state index >= 15 is 0 Å². The van der Waals surface area contributed by atoms with Gasteiger partial charge in [-0.15, -0.1) is 0 Å². The highest BCUT2D eigenvalue weighted by molar-refractivity contribution is 9.10. The number of carbonyl (C=O) groups excluding carboxylic acids is 2. The quantitative estimate of drug-likeness (QED) is 0.806. The minimum Gasteiger partial charge on any atom is -0.332 e. The molecule has 2 amide bonds. The minimum absolute atomic E-state index is 0.0176. The summed E-state index contributed by atoms with van der Waals surface area (Å²) in [4.78, 5) is 25.6. The fraction of sp³-hybridized carbons (Fsp3) is 0.125. The molecule has 0 aromatic heterocycles. The van der Waals surface area contributed by atoms with Gasteiger partial charge in [0.1, 0.15) is 0 Å². The number of nitrogens with zero attached hydrogens (tertiary/aromatic N) is 1. The van der Waals surface area contributed by atoms with Gasteiger partial charge in [-0.2, -0.15) is 0 Å². The Morgan fingerprint density at radius 1 is 1.05 bits per heavy atom. The molecule has 0 aliphatic rings. The van der Waals surface area contributed by atoms with E-state index in [1.165, 1.54) is 4.90 Å². The molecule has 0 bridgehead atoms. The Labute approximate surface area is 145 Å². The first-order valence-corrected chi connectivity index (χ1v) is 8.11. The van der Waals surface area contributed by atoms with Gasteiger partial charge in [-0.3, -0.25) is 9.59 Å². The smallest absolute Gasteiger partial charge is 0.254 e. The van der Waals surface area contributed by atoms with Gasteiger partial charge in [-0.25, -0.2) is 0 Å². The molecule has 0 radical (unpaired) electrons. The number of carbonyl (C=O) groups is 2. The normalized spacial score (nSPS) is 10.1. The fourth-order valence-corrected chi connectivity index (χ4v) is 2.50. The molecule has 0 aliphatic carbocycles. The third kappa shape index (κ3) is 4.42. The number of para-hydroxylation sites is 1. The largest absolute Gasteiger partial charge is 0.332 e. The van der Waals surface area contributed by atoms with Gasteiger partial charge < -0.3 is 10.2 Å². The second kappa shape index (κ2) is 7.56. The predicted octanol–water partition coefficient (Wildman–Crippen LogP) is 3.92. The van der Waals surface area contributed by atoms with Gasteiger partial charge in [-0.05, 0) is 52.3 Å². The van der Waals surface area contributed by atoms with Crippen molar-refractivity contribution in [1.82, 2.24) is 4.90 Å². The number of benzene rings is 2. The van der Waals surface area contributed by atoms with Crippen LogP contribution in [0.3, 0.4) is 0 Å². The summed E-state index contributed by atoms with van der Waals surface area (Å²) in [5.74, 6) is -0.449. The number of halogens is 2. The maximum atomic E-state index is 12.2. The van der Waals surface area contributed by atoms with Crippen LogP contribution in [0.4, 0.5) is 5.69 Å². The summed E-state index contributed by atoms with van der Waals surface area (Å²) in [5.41, 5.74) is 1.22. The lowest BCUT2D eigenvalue weighted by Gasteiger charge is -2.17. The zero-order valence-electron chi connectivity index (χ0n) is 11.8. The monoisotopic (exact) mass is 424 g/mol. The zero-order chi connectivity index (χ0) is 16.1. The molecule has 0 spiro atoms. The Bertz CT molecular complexity index is 687. The topological polar surface area (TPSA) is 49.4 Å². The highest BCUT2D eigenvalue weighted by atomic mass is 79.9. The number of rotatable bonds is 4. The minimum atomic E-state index is -0.250.